The molecule has 1 unspecified atom stereocenters. The molecule has 6 nitrogen and oxygen atoms in total. The number of hydrogen-bond acceptors (Lipinski definition) is 4. The van der Waals surface area contributed by atoms with E-state index in [9.17, 15) is 14.3 Å². The SMILES string of the molecule is CCO[P+](=O)[O-].[C-]#[N+]c1ccc(NC(=O)c2ccc(CCC)cc2)c(Cl)c1. The fraction of sp³-hybridized carbons (Fsp3) is 0.263. The molecule has 0 aromatic heterocycles. The lowest BCUT2D eigenvalue weighted by molar-refractivity contribution is -0.185. The van der Waals surface area contributed by atoms with Gasteiger partial charge in [0.1, 0.15) is 0 Å². The molecule has 0 bridgehead atoms. The van der Waals surface area contributed by atoms with E-state index in [4.69, 9.17) is 18.2 Å². The van der Waals surface area contributed by atoms with Gasteiger partial charge in [-0.05, 0) is 47.7 Å². The van der Waals surface area contributed by atoms with Gasteiger partial charge in [-0.2, -0.15) is 0 Å². The number of nitrogens with zero attached hydrogens (tertiary/aromatic N) is 1. The van der Waals surface area contributed by atoms with Gasteiger partial charge in [0.2, 0.25) is 0 Å². The molecule has 8 heteroatoms. The Morgan fingerprint density at radius 3 is 2.37 bits per heavy atom. The molecule has 1 atom stereocenters. The van der Waals surface area contributed by atoms with Crippen molar-refractivity contribution in [1.82, 2.24) is 0 Å². The van der Waals surface area contributed by atoms with Gasteiger partial charge < -0.3 is 10.2 Å². The summed E-state index contributed by atoms with van der Waals surface area (Å²) in [7, 11) is -2.60. The number of aryl methyl sites for hydroxylation is 1. The van der Waals surface area contributed by atoms with Crippen LogP contribution in [0.5, 0.6) is 0 Å². The van der Waals surface area contributed by atoms with E-state index in [1.54, 1.807) is 19.1 Å². The van der Waals surface area contributed by atoms with E-state index in [0.717, 1.165) is 12.8 Å². The maximum Gasteiger partial charge on any atom is 0.488 e. The molecule has 27 heavy (non-hydrogen) atoms. The van der Waals surface area contributed by atoms with Crippen LogP contribution in [0.25, 0.3) is 4.85 Å². The maximum atomic E-state index is 12.2. The molecular weight excluding hydrogens is 387 g/mol. The van der Waals surface area contributed by atoms with Gasteiger partial charge >= 0.3 is 8.25 Å². The van der Waals surface area contributed by atoms with Crippen molar-refractivity contribution in [2.45, 2.75) is 26.7 Å². The van der Waals surface area contributed by atoms with Crippen LogP contribution in [0.3, 0.4) is 0 Å². The van der Waals surface area contributed by atoms with E-state index < -0.39 is 8.25 Å². The predicted octanol–water partition coefficient (Wildman–Crippen LogP) is 5.14. The lowest BCUT2D eigenvalue weighted by Gasteiger charge is -2.08. The second kappa shape index (κ2) is 12.2. The Bertz CT molecular complexity index is 819. The van der Waals surface area contributed by atoms with Crippen molar-refractivity contribution >= 4 is 37.1 Å². The van der Waals surface area contributed by atoms with Crippen LogP contribution in [-0.2, 0) is 15.5 Å². The van der Waals surface area contributed by atoms with Crippen LogP contribution in [0.1, 0.15) is 36.2 Å². The van der Waals surface area contributed by atoms with Crippen LogP contribution >= 0.6 is 19.9 Å². The Hall–Kier alpha value is -2.29. The Morgan fingerprint density at radius 1 is 1.26 bits per heavy atom. The van der Waals surface area contributed by atoms with Gasteiger partial charge in [-0.3, -0.25) is 4.79 Å². The van der Waals surface area contributed by atoms with Crippen molar-refractivity contribution in [2.75, 3.05) is 11.9 Å². The number of anilines is 1. The van der Waals surface area contributed by atoms with Crippen molar-refractivity contribution in [3.05, 3.63) is 70.0 Å². The predicted molar refractivity (Wildman–Crippen MR) is 105 cm³/mol. The average Bonchev–Trinajstić information content (AvgIpc) is 2.64. The molecule has 0 saturated heterocycles. The summed E-state index contributed by atoms with van der Waals surface area (Å²) in [5.74, 6) is -0.212. The van der Waals surface area contributed by atoms with Crippen LogP contribution in [0.2, 0.25) is 5.02 Å². The van der Waals surface area contributed by atoms with E-state index in [1.807, 2.05) is 24.3 Å². The fourth-order valence-electron chi connectivity index (χ4n) is 2.09. The highest BCUT2D eigenvalue weighted by atomic mass is 35.5. The van der Waals surface area contributed by atoms with Crippen LogP contribution in [0.15, 0.2) is 42.5 Å². The van der Waals surface area contributed by atoms with Crippen molar-refractivity contribution < 1.29 is 18.8 Å². The van der Waals surface area contributed by atoms with E-state index in [1.165, 1.54) is 11.6 Å². The molecule has 0 saturated carbocycles. The largest absolute Gasteiger partial charge is 0.566 e. The van der Waals surface area contributed by atoms with Gasteiger partial charge in [-0.1, -0.05) is 43.1 Å². The number of carbonyl (C=O) groups is 1. The molecule has 0 heterocycles. The molecule has 2 aromatic rings. The topological polar surface area (TPSA) is 82.8 Å². The molecule has 0 aliphatic heterocycles. The molecule has 0 aliphatic rings. The van der Waals surface area contributed by atoms with E-state index in [-0.39, 0.29) is 12.5 Å². The fourth-order valence-corrected chi connectivity index (χ4v) is 2.52. The third-order valence-corrected chi connectivity index (χ3v) is 4.10. The zero-order valence-corrected chi connectivity index (χ0v) is 16.7. The first-order chi connectivity index (χ1) is 12.9. The number of benzene rings is 2. The number of halogens is 1. The Balaban J connectivity index is 0.000000527. The van der Waals surface area contributed by atoms with Crippen molar-refractivity contribution in [2.24, 2.45) is 0 Å². The Labute approximate surface area is 164 Å². The second-order valence-electron chi connectivity index (χ2n) is 5.32. The minimum Gasteiger partial charge on any atom is -0.566 e. The number of hydrogen-bond donors (Lipinski definition) is 1. The zero-order valence-electron chi connectivity index (χ0n) is 15.1. The van der Waals surface area contributed by atoms with Crippen molar-refractivity contribution in [3.63, 3.8) is 0 Å². The number of amides is 1. The Kier molecular flexibility index (Phi) is 10.2. The highest BCUT2D eigenvalue weighted by Gasteiger charge is 2.09. The lowest BCUT2D eigenvalue weighted by atomic mass is 10.1. The van der Waals surface area contributed by atoms with E-state index >= 15 is 0 Å². The van der Waals surface area contributed by atoms with Crippen molar-refractivity contribution in [3.8, 4) is 0 Å². The summed E-state index contributed by atoms with van der Waals surface area (Å²) in [5, 5.41) is 3.12. The summed E-state index contributed by atoms with van der Waals surface area (Å²) in [6, 6.07) is 12.3. The average molecular weight is 407 g/mol. The third-order valence-electron chi connectivity index (χ3n) is 3.32. The van der Waals surface area contributed by atoms with E-state index in [0.29, 0.717) is 22.0 Å². The minimum atomic E-state index is -2.60. The van der Waals surface area contributed by atoms with E-state index in [2.05, 4.69) is 21.6 Å². The van der Waals surface area contributed by atoms with Crippen LogP contribution in [0, 0.1) is 6.57 Å². The van der Waals surface area contributed by atoms with Gasteiger partial charge in [0, 0.05) is 5.56 Å². The molecule has 0 aliphatic carbocycles. The minimum absolute atomic E-state index is 0.212. The smallest absolute Gasteiger partial charge is 0.488 e. The van der Waals surface area contributed by atoms with Crippen molar-refractivity contribution in [1.29, 1.82) is 0 Å². The molecule has 0 fully saturated rings. The van der Waals surface area contributed by atoms with Crippen LogP contribution in [-0.4, -0.2) is 12.5 Å². The zero-order chi connectivity index (χ0) is 20.2. The first-order valence-electron chi connectivity index (χ1n) is 8.25. The molecular formula is C19H20ClN2O4P. The molecule has 0 spiro atoms. The maximum absolute atomic E-state index is 12.2. The van der Waals surface area contributed by atoms with Gasteiger partial charge in [0.25, 0.3) is 5.91 Å². The summed E-state index contributed by atoms with van der Waals surface area (Å²) in [4.78, 5) is 24.9. The standard InChI is InChI=1S/C17H15ClN2O.C2H5O3P/c1-3-4-12-5-7-13(8-6-12)17(21)20-16-10-9-14(19-2)11-15(16)18;1-2-5-6(3)4/h5-11H,3-4H2,1H3,(H,20,21);2H2,1H3. The lowest BCUT2D eigenvalue weighted by Crippen LogP contribution is -2.12. The van der Waals surface area contributed by atoms with Gasteiger partial charge in [0.05, 0.1) is 23.9 Å². The summed E-state index contributed by atoms with van der Waals surface area (Å²) < 4.78 is 13.4. The van der Waals surface area contributed by atoms with Gasteiger partial charge in [-0.15, -0.1) is 4.52 Å². The summed E-state index contributed by atoms with van der Waals surface area (Å²) in [6.45, 7) is 10.9. The molecule has 2 aromatic carbocycles. The third kappa shape index (κ3) is 8.29. The number of carbonyl (C=O) groups excluding carboxylic acids is 1. The summed E-state index contributed by atoms with van der Waals surface area (Å²) in [5.41, 5.74) is 2.75. The number of rotatable bonds is 6. The van der Waals surface area contributed by atoms with Crippen LogP contribution < -0.4 is 10.2 Å². The molecule has 1 N–H and O–H groups in total. The quantitative estimate of drug-likeness (QED) is 0.532. The summed E-state index contributed by atoms with van der Waals surface area (Å²) in [6.07, 6.45) is 2.08. The highest BCUT2D eigenvalue weighted by molar-refractivity contribution is 7.30. The molecule has 142 valence electrons. The normalized spacial score (nSPS) is 10.3. The van der Waals surface area contributed by atoms with Gasteiger partial charge in [0.15, 0.2) is 5.69 Å². The highest BCUT2D eigenvalue weighted by Crippen LogP contribution is 2.27. The second-order valence-corrected chi connectivity index (χ2v) is 6.43. The molecule has 2 rings (SSSR count). The monoisotopic (exact) mass is 406 g/mol. The molecule has 1 amide bonds. The summed E-state index contributed by atoms with van der Waals surface area (Å²) >= 11 is 6.05. The van der Waals surface area contributed by atoms with Crippen LogP contribution in [0.4, 0.5) is 11.4 Å². The Morgan fingerprint density at radius 2 is 1.93 bits per heavy atom. The van der Waals surface area contributed by atoms with Gasteiger partial charge in [-0.25, -0.2) is 4.85 Å². The molecule has 0 radical (unpaired) electrons. The first kappa shape index (κ1) is 22.8. The number of nitrogens with one attached hydrogen (secondary N) is 1. The first-order valence-corrected chi connectivity index (χ1v) is 9.73.